The second kappa shape index (κ2) is 5.71. The van der Waals surface area contributed by atoms with E-state index in [1.807, 2.05) is 30.3 Å². The molecule has 1 aromatic carbocycles. The van der Waals surface area contributed by atoms with Gasteiger partial charge >= 0.3 is 0 Å². The number of benzene rings is 1. The summed E-state index contributed by atoms with van der Waals surface area (Å²) in [6.07, 6.45) is 8.87. The minimum absolute atomic E-state index is 0.0490. The van der Waals surface area contributed by atoms with Crippen molar-refractivity contribution in [2.24, 2.45) is 0 Å². The van der Waals surface area contributed by atoms with Gasteiger partial charge in [0.05, 0.1) is 6.42 Å². The maximum Gasteiger partial charge on any atom is 0.295 e. The van der Waals surface area contributed by atoms with Gasteiger partial charge < -0.3 is 5.53 Å². The van der Waals surface area contributed by atoms with E-state index >= 15 is 0 Å². The van der Waals surface area contributed by atoms with Crippen molar-refractivity contribution in [3.05, 3.63) is 71.3 Å². The Morgan fingerprint density at radius 2 is 2.00 bits per heavy atom. The Morgan fingerprint density at radius 3 is 2.61 bits per heavy atom. The van der Waals surface area contributed by atoms with Crippen molar-refractivity contribution in [3.8, 4) is 0 Å². The van der Waals surface area contributed by atoms with Gasteiger partial charge in [0.1, 0.15) is 0 Å². The molecular formula is C15H12N2O. The summed E-state index contributed by atoms with van der Waals surface area (Å²) in [6.45, 7) is 0. The topological polar surface area (TPSA) is 53.5 Å². The van der Waals surface area contributed by atoms with Crippen LogP contribution in [0.15, 0.2) is 60.2 Å². The third-order valence-electron chi connectivity index (χ3n) is 2.63. The Bertz CT molecular complexity index is 588. The summed E-state index contributed by atoms with van der Waals surface area (Å²) in [7, 11) is 0. The van der Waals surface area contributed by atoms with E-state index < -0.39 is 0 Å². The molecule has 0 N–H and O–H groups in total. The van der Waals surface area contributed by atoms with Crippen LogP contribution in [-0.2, 0) is 4.79 Å². The molecule has 88 valence electrons. The van der Waals surface area contributed by atoms with Gasteiger partial charge in [-0.2, -0.15) is 4.79 Å². The van der Waals surface area contributed by atoms with Gasteiger partial charge in [0.15, 0.2) is 5.78 Å². The number of ketones is 1. The zero-order chi connectivity index (χ0) is 12.8. The standard InChI is InChI=1S/C15H12N2O/c16-17-14-9-7-13(8-10-14)15(18)11-6-12-4-2-1-3-5-12/h1-9,11H,10H2/b11-6+. The minimum atomic E-state index is -0.0490. The van der Waals surface area contributed by atoms with Crippen LogP contribution in [0, 0.1) is 0 Å². The Kier molecular flexibility index (Phi) is 3.79. The molecular weight excluding hydrogens is 224 g/mol. The van der Waals surface area contributed by atoms with Gasteiger partial charge in [-0.05, 0) is 17.7 Å². The van der Waals surface area contributed by atoms with Crippen LogP contribution in [0.2, 0.25) is 0 Å². The van der Waals surface area contributed by atoms with Crippen molar-refractivity contribution in [2.45, 2.75) is 6.42 Å². The van der Waals surface area contributed by atoms with E-state index in [2.05, 4.69) is 4.79 Å². The fourth-order valence-corrected chi connectivity index (χ4v) is 1.63. The van der Waals surface area contributed by atoms with Crippen LogP contribution in [-0.4, -0.2) is 16.3 Å². The monoisotopic (exact) mass is 236 g/mol. The molecule has 0 heterocycles. The fraction of sp³-hybridized carbons (Fsp3) is 0.0667. The second-order valence-corrected chi connectivity index (χ2v) is 3.90. The van der Waals surface area contributed by atoms with E-state index in [0.29, 0.717) is 17.7 Å². The molecule has 18 heavy (non-hydrogen) atoms. The maximum absolute atomic E-state index is 11.9. The van der Waals surface area contributed by atoms with Crippen LogP contribution >= 0.6 is 0 Å². The van der Waals surface area contributed by atoms with Crippen molar-refractivity contribution >= 4 is 17.6 Å². The van der Waals surface area contributed by atoms with Gasteiger partial charge in [-0.1, -0.05) is 42.5 Å². The molecule has 0 aromatic heterocycles. The largest absolute Gasteiger partial charge is 0.361 e. The van der Waals surface area contributed by atoms with Crippen molar-refractivity contribution in [1.82, 2.24) is 0 Å². The van der Waals surface area contributed by atoms with E-state index in [1.54, 1.807) is 30.4 Å². The first kappa shape index (κ1) is 12.0. The smallest absolute Gasteiger partial charge is 0.295 e. The third-order valence-corrected chi connectivity index (χ3v) is 2.63. The molecule has 0 aliphatic heterocycles. The molecule has 0 amide bonds. The fourth-order valence-electron chi connectivity index (χ4n) is 1.63. The average Bonchev–Trinajstić information content (AvgIpc) is 2.46. The number of hydrogen-bond acceptors (Lipinski definition) is 1. The third kappa shape index (κ3) is 3.00. The molecule has 0 atom stereocenters. The van der Waals surface area contributed by atoms with Crippen molar-refractivity contribution in [3.63, 3.8) is 0 Å². The normalized spacial score (nSPS) is 14.4. The van der Waals surface area contributed by atoms with Gasteiger partial charge in [-0.15, -0.1) is 0 Å². The molecule has 3 nitrogen and oxygen atoms in total. The van der Waals surface area contributed by atoms with Crippen molar-refractivity contribution in [1.29, 1.82) is 0 Å². The molecule has 0 saturated heterocycles. The number of carbonyl (C=O) groups excluding carboxylic acids is 1. The van der Waals surface area contributed by atoms with Crippen molar-refractivity contribution in [2.75, 3.05) is 0 Å². The highest BCUT2D eigenvalue weighted by Crippen LogP contribution is 2.10. The van der Waals surface area contributed by atoms with Gasteiger partial charge in [-0.3, -0.25) is 4.79 Å². The zero-order valence-corrected chi connectivity index (χ0v) is 9.78. The first-order valence-corrected chi connectivity index (χ1v) is 5.66. The number of hydrogen-bond donors (Lipinski definition) is 0. The maximum atomic E-state index is 11.9. The molecule has 0 fully saturated rings. The number of carbonyl (C=O) groups is 1. The van der Waals surface area contributed by atoms with Crippen LogP contribution in [0.25, 0.3) is 11.6 Å². The summed E-state index contributed by atoms with van der Waals surface area (Å²) in [5.41, 5.74) is 10.7. The molecule has 0 radical (unpaired) electrons. The summed E-state index contributed by atoms with van der Waals surface area (Å²) in [5.74, 6) is -0.0490. The van der Waals surface area contributed by atoms with E-state index in [1.165, 1.54) is 0 Å². The molecule has 0 saturated carbocycles. The predicted molar refractivity (Wildman–Crippen MR) is 70.9 cm³/mol. The summed E-state index contributed by atoms with van der Waals surface area (Å²) in [6, 6.07) is 9.65. The molecule has 1 aliphatic carbocycles. The van der Waals surface area contributed by atoms with Crippen LogP contribution in [0.5, 0.6) is 0 Å². The quantitative estimate of drug-likeness (QED) is 0.452. The number of allylic oxidation sites excluding steroid dienone is 5. The molecule has 3 heteroatoms. The lowest BCUT2D eigenvalue weighted by molar-refractivity contribution is -0.111. The van der Waals surface area contributed by atoms with Gasteiger partial charge in [0.25, 0.3) is 5.71 Å². The highest BCUT2D eigenvalue weighted by Gasteiger charge is 2.11. The lowest BCUT2D eigenvalue weighted by atomic mass is 10.0. The molecule has 1 aliphatic rings. The lowest BCUT2D eigenvalue weighted by Gasteiger charge is -2.00. The van der Waals surface area contributed by atoms with Crippen LogP contribution in [0.1, 0.15) is 12.0 Å². The second-order valence-electron chi connectivity index (χ2n) is 3.90. The van der Waals surface area contributed by atoms with E-state index in [9.17, 15) is 4.79 Å². The molecule has 0 unspecified atom stereocenters. The first-order valence-electron chi connectivity index (χ1n) is 5.66. The summed E-state index contributed by atoms with van der Waals surface area (Å²) in [5, 5.41) is 0. The van der Waals surface area contributed by atoms with Gasteiger partial charge in [0.2, 0.25) is 0 Å². The highest BCUT2D eigenvalue weighted by molar-refractivity contribution is 6.10. The first-order chi connectivity index (χ1) is 8.79. The molecule has 2 rings (SSSR count). The number of nitrogens with zero attached hydrogens (tertiary/aromatic N) is 2. The van der Waals surface area contributed by atoms with Crippen LogP contribution in [0.3, 0.4) is 0 Å². The minimum Gasteiger partial charge on any atom is -0.361 e. The Hall–Kier alpha value is -2.51. The predicted octanol–water partition coefficient (Wildman–Crippen LogP) is 2.83. The summed E-state index contributed by atoms with van der Waals surface area (Å²) >= 11 is 0. The summed E-state index contributed by atoms with van der Waals surface area (Å²) < 4.78 is 0. The van der Waals surface area contributed by atoms with E-state index in [0.717, 1.165) is 5.56 Å². The Morgan fingerprint density at radius 1 is 1.22 bits per heavy atom. The van der Waals surface area contributed by atoms with Crippen molar-refractivity contribution < 1.29 is 9.58 Å². The lowest BCUT2D eigenvalue weighted by Crippen LogP contribution is -2.04. The summed E-state index contributed by atoms with van der Waals surface area (Å²) in [4.78, 5) is 14.9. The van der Waals surface area contributed by atoms with Gasteiger partial charge in [-0.25, -0.2) is 0 Å². The molecule has 0 spiro atoms. The van der Waals surface area contributed by atoms with E-state index in [4.69, 9.17) is 5.53 Å². The van der Waals surface area contributed by atoms with Crippen LogP contribution < -0.4 is 0 Å². The van der Waals surface area contributed by atoms with Crippen LogP contribution in [0.4, 0.5) is 0 Å². The highest BCUT2D eigenvalue weighted by atomic mass is 16.1. The van der Waals surface area contributed by atoms with Gasteiger partial charge in [0, 0.05) is 11.6 Å². The zero-order valence-electron chi connectivity index (χ0n) is 9.78. The average molecular weight is 236 g/mol. The Labute approximate surface area is 105 Å². The SMILES string of the molecule is [N-]=[N+]=C1C=CC(C(=O)/C=C/c2ccccc2)=CC1. The Balaban J connectivity index is 2.06. The molecule has 0 bridgehead atoms. The van der Waals surface area contributed by atoms with E-state index in [-0.39, 0.29) is 5.78 Å². The number of rotatable bonds is 3. The molecule has 1 aromatic rings.